The van der Waals surface area contributed by atoms with E-state index in [1.165, 1.54) is 51.4 Å². The molecule has 0 N–H and O–H groups in total. The molecule has 19 heavy (non-hydrogen) atoms. The Balaban J connectivity index is 2.17. The summed E-state index contributed by atoms with van der Waals surface area (Å²) in [5.74, 6) is 1.39. The molecule has 0 bridgehead atoms. The Morgan fingerprint density at radius 2 is 1.53 bits per heavy atom. The first-order valence-corrected chi connectivity index (χ1v) is 8.13. The molecule has 0 fully saturated rings. The molecule has 4 heteroatoms. The Hall–Kier alpha value is -0.570. The number of unbranched alkanes of at least 4 members (excludes halogenated alkanes) is 7. The van der Waals surface area contributed by atoms with Gasteiger partial charge in [-0.3, -0.25) is 0 Å². The largest absolute Gasteiger partial charge is 0.302 e. The summed E-state index contributed by atoms with van der Waals surface area (Å²) in [6.07, 6.45) is 10.6. The molecule has 0 radical (unpaired) electrons. The van der Waals surface area contributed by atoms with Gasteiger partial charge in [-0.1, -0.05) is 65.7 Å². The Morgan fingerprint density at radius 1 is 0.947 bits per heavy atom. The molecule has 1 aromatic heterocycles. The lowest BCUT2D eigenvalue weighted by Crippen LogP contribution is -2.06. The maximum Gasteiger partial charge on any atom is 0.225 e. The van der Waals surface area contributed by atoms with Crippen molar-refractivity contribution >= 4 is 11.6 Å². The molecule has 0 amide bonds. The van der Waals surface area contributed by atoms with Crippen LogP contribution in [0.1, 0.15) is 83.9 Å². The lowest BCUT2D eigenvalue weighted by atomic mass is 10.1. The van der Waals surface area contributed by atoms with Gasteiger partial charge in [-0.2, -0.15) is 0 Å². The second kappa shape index (κ2) is 9.35. The average molecular weight is 286 g/mol. The highest BCUT2D eigenvalue weighted by atomic mass is 35.5. The zero-order valence-electron chi connectivity index (χ0n) is 12.7. The molecule has 0 aliphatic rings. The molecule has 0 saturated heterocycles. The van der Waals surface area contributed by atoms with Crippen LogP contribution in [0, 0.1) is 0 Å². The van der Waals surface area contributed by atoms with E-state index in [9.17, 15) is 0 Å². The van der Waals surface area contributed by atoms with Gasteiger partial charge >= 0.3 is 0 Å². The predicted molar refractivity (Wildman–Crippen MR) is 81.7 cm³/mol. The van der Waals surface area contributed by atoms with Crippen LogP contribution in [0.5, 0.6) is 0 Å². The summed E-state index contributed by atoms with van der Waals surface area (Å²) in [6, 6.07) is 0. The summed E-state index contributed by atoms with van der Waals surface area (Å²) >= 11 is 6.08. The Morgan fingerprint density at radius 3 is 2.11 bits per heavy atom. The standard InChI is InChI=1S/C15H28ClN3/c1-4-5-6-7-8-9-10-11-12-19-14(13(2)3)17-18-15(19)16/h13H,4-12H2,1-3H3. The maximum absolute atomic E-state index is 6.08. The Kier molecular flexibility index (Phi) is 8.11. The van der Waals surface area contributed by atoms with Crippen LogP contribution in [0.2, 0.25) is 5.28 Å². The van der Waals surface area contributed by atoms with Gasteiger partial charge in [-0.05, 0) is 18.0 Å². The molecular formula is C15H28ClN3. The van der Waals surface area contributed by atoms with Crippen LogP contribution in [-0.4, -0.2) is 14.8 Å². The molecule has 0 unspecified atom stereocenters. The highest BCUT2D eigenvalue weighted by Gasteiger charge is 2.12. The van der Waals surface area contributed by atoms with E-state index in [1.807, 2.05) is 0 Å². The molecule has 3 nitrogen and oxygen atoms in total. The third kappa shape index (κ3) is 5.94. The van der Waals surface area contributed by atoms with Gasteiger partial charge in [0.2, 0.25) is 5.28 Å². The second-order valence-corrected chi connectivity index (χ2v) is 5.95. The maximum atomic E-state index is 6.08. The Labute approximate surface area is 122 Å². The molecule has 1 aromatic rings. The van der Waals surface area contributed by atoms with Crippen molar-refractivity contribution in [2.45, 2.75) is 84.6 Å². The summed E-state index contributed by atoms with van der Waals surface area (Å²) in [7, 11) is 0. The van der Waals surface area contributed by atoms with E-state index < -0.39 is 0 Å². The summed E-state index contributed by atoms with van der Waals surface area (Å²) in [4.78, 5) is 0. The predicted octanol–water partition coefficient (Wildman–Crippen LogP) is 5.20. The first kappa shape index (κ1) is 16.5. The highest BCUT2D eigenvalue weighted by Crippen LogP contribution is 2.18. The number of aromatic nitrogens is 3. The number of halogens is 1. The van der Waals surface area contributed by atoms with Crippen LogP contribution in [0.15, 0.2) is 0 Å². The number of hydrogen-bond donors (Lipinski definition) is 0. The summed E-state index contributed by atoms with van der Waals surface area (Å²) < 4.78 is 2.06. The van der Waals surface area contributed by atoms with E-state index in [1.54, 1.807) is 0 Å². The van der Waals surface area contributed by atoms with Gasteiger partial charge in [0, 0.05) is 12.5 Å². The zero-order valence-corrected chi connectivity index (χ0v) is 13.4. The minimum absolute atomic E-state index is 0.383. The van der Waals surface area contributed by atoms with Crippen LogP contribution < -0.4 is 0 Å². The monoisotopic (exact) mass is 285 g/mol. The topological polar surface area (TPSA) is 30.7 Å². The van der Waals surface area contributed by atoms with E-state index in [-0.39, 0.29) is 0 Å². The smallest absolute Gasteiger partial charge is 0.225 e. The summed E-state index contributed by atoms with van der Waals surface area (Å²) in [6.45, 7) is 7.47. The minimum Gasteiger partial charge on any atom is -0.302 e. The SMILES string of the molecule is CCCCCCCCCCn1c(Cl)nnc1C(C)C. The third-order valence-electron chi connectivity index (χ3n) is 3.49. The molecule has 1 heterocycles. The van der Waals surface area contributed by atoms with Crippen LogP contribution in [0.4, 0.5) is 0 Å². The van der Waals surface area contributed by atoms with E-state index in [0.29, 0.717) is 11.2 Å². The fourth-order valence-electron chi connectivity index (χ4n) is 2.33. The quantitative estimate of drug-likeness (QED) is 0.554. The van der Waals surface area contributed by atoms with Gasteiger partial charge < -0.3 is 4.57 Å². The van der Waals surface area contributed by atoms with Gasteiger partial charge in [0.15, 0.2) is 0 Å². The number of rotatable bonds is 10. The van der Waals surface area contributed by atoms with Crippen molar-refractivity contribution in [3.8, 4) is 0 Å². The molecule has 0 atom stereocenters. The molecule has 0 saturated carbocycles. The van der Waals surface area contributed by atoms with Gasteiger partial charge in [0.1, 0.15) is 5.82 Å². The fraction of sp³-hybridized carbons (Fsp3) is 0.867. The number of nitrogens with zero attached hydrogens (tertiary/aromatic N) is 3. The van der Waals surface area contributed by atoms with Crippen LogP contribution in [0.3, 0.4) is 0 Å². The van der Waals surface area contributed by atoms with Gasteiger partial charge in [0.05, 0.1) is 0 Å². The summed E-state index contributed by atoms with van der Waals surface area (Å²) in [5.41, 5.74) is 0. The highest BCUT2D eigenvalue weighted by molar-refractivity contribution is 6.28. The lowest BCUT2D eigenvalue weighted by molar-refractivity contribution is 0.529. The van der Waals surface area contributed by atoms with E-state index in [0.717, 1.165) is 12.4 Å². The van der Waals surface area contributed by atoms with Crippen molar-refractivity contribution in [1.29, 1.82) is 0 Å². The summed E-state index contributed by atoms with van der Waals surface area (Å²) in [5, 5.41) is 8.64. The first-order chi connectivity index (χ1) is 9.16. The molecule has 0 aliphatic carbocycles. The molecule has 0 aromatic carbocycles. The third-order valence-corrected chi connectivity index (χ3v) is 3.77. The van der Waals surface area contributed by atoms with Crippen molar-refractivity contribution in [3.63, 3.8) is 0 Å². The first-order valence-electron chi connectivity index (χ1n) is 7.75. The van der Waals surface area contributed by atoms with Crippen molar-refractivity contribution in [2.75, 3.05) is 0 Å². The molecule has 1 rings (SSSR count). The lowest BCUT2D eigenvalue weighted by Gasteiger charge is -2.09. The zero-order chi connectivity index (χ0) is 14.1. The van der Waals surface area contributed by atoms with Gasteiger partial charge in [0.25, 0.3) is 0 Å². The fourth-order valence-corrected chi connectivity index (χ4v) is 2.54. The average Bonchev–Trinajstić information content (AvgIpc) is 2.74. The van der Waals surface area contributed by atoms with Crippen molar-refractivity contribution in [2.24, 2.45) is 0 Å². The molecule has 0 aliphatic heterocycles. The van der Waals surface area contributed by atoms with Gasteiger partial charge in [-0.15, -0.1) is 10.2 Å². The van der Waals surface area contributed by atoms with Crippen LogP contribution in [0.25, 0.3) is 0 Å². The Bertz CT molecular complexity index is 347. The van der Waals surface area contributed by atoms with E-state index in [2.05, 4.69) is 35.5 Å². The number of hydrogen-bond acceptors (Lipinski definition) is 2. The van der Waals surface area contributed by atoms with Gasteiger partial charge in [-0.25, -0.2) is 0 Å². The van der Waals surface area contributed by atoms with E-state index >= 15 is 0 Å². The second-order valence-electron chi connectivity index (χ2n) is 5.61. The normalized spacial score (nSPS) is 11.4. The van der Waals surface area contributed by atoms with Crippen molar-refractivity contribution in [3.05, 3.63) is 11.1 Å². The van der Waals surface area contributed by atoms with Crippen LogP contribution >= 0.6 is 11.6 Å². The molecule has 110 valence electrons. The van der Waals surface area contributed by atoms with Crippen molar-refractivity contribution in [1.82, 2.24) is 14.8 Å². The van der Waals surface area contributed by atoms with Crippen LogP contribution in [-0.2, 0) is 6.54 Å². The van der Waals surface area contributed by atoms with Crippen molar-refractivity contribution < 1.29 is 0 Å². The molecule has 0 spiro atoms. The minimum atomic E-state index is 0.383. The molecular weight excluding hydrogens is 258 g/mol. The van der Waals surface area contributed by atoms with E-state index in [4.69, 9.17) is 11.6 Å².